The molecule has 0 spiro atoms. The molecule has 1 atom stereocenters. The molecule has 1 heteroatoms. The molecule has 42 valence electrons. The van der Waals surface area contributed by atoms with Crippen LogP contribution >= 0.6 is 22.6 Å². The van der Waals surface area contributed by atoms with Crippen LogP contribution in [0.4, 0.5) is 0 Å². The summed E-state index contributed by atoms with van der Waals surface area (Å²) in [6, 6.07) is 0. The summed E-state index contributed by atoms with van der Waals surface area (Å²) in [6.45, 7) is 4.69. The van der Waals surface area contributed by atoms with Crippen molar-refractivity contribution < 1.29 is 0 Å². The van der Waals surface area contributed by atoms with Crippen molar-refractivity contribution in [2.45, 2.75) is 20.3 Å². The summed E-state index contributed by atoms with van der Waals surface area (Å²) in [4.78, 5) is 0. The third-order valence-electron chi connectivity index (χ3n) is 1.90. The first-order valence-corrected chi connectivity index (χ1v) is 4.25. The molecule has 1 aliphatic carbocycles. The van der Waals surface area contributed by atoms with Gasteiger partial charge in [0.1, 0.15) is 0 Å². The van der Waals surface area contributed by atoms with Gasteiger partial charge in [0.05, 0.1) is 0 Å². The molecular formula is C6H11I. The van der Waals surface area contributed by atoms with E-state index in [1.807, 2.05) is 0 Å². The Morgan fingerprint density at radius 3 is 2.14 bits per heavy atom. The average molecular weight is 210 g/mol. The molecule has 1 rings (SSSR count). The number of hydrogen-bond acceptors (Lipinski definition) is 0. The van der Waals surface area contributed by atoms with E-state index in [0.29, 0.717) is 5.41 Å². The van der Waals surface area contributed by atoms with Crippen molar-refractivity contribution in [2.24, 2.45) is 11.3 Å². The largest absolute Gasteiger partial charge is 0.0861 e. The first kappa shape index (κ1) is 5.86. The van der Waals surface area contributed by atoms with Crippen LogP contribution in [0, 0.1) is 11.3 Å². The molecule has 0 aliphatic heterocycles. The summed E-state index contributed by atoms with van der Waals surface area (Å²) in [5.74, 6) is 1.04. The van der Waals surface area contributed by atoms with Gasteiger partial charge < -0.3 is 0 Å². The molecule has 0 nitrogen and oxygen atoms in total. The minimum Gasteiger partial charge on any atom is -0.0861 e. The molecule has 1 saturated carbocycles. The molecule has 0 bridgehead atoms. The summed E-state index contributed by atoms with van der Waals surface area (Å²) in [6.07, 6.45) is 1.45. The van der Waals surface area contributed by atoms with Gasteiger partial charge in [-0.25, -0.2) is 0 Å². The molecule has 0 amide bonds. The predicted molar refractivity (Wildman–Crippen MR) is 40.8 cm³/mol. The maximum absolute atomic E-state index is 2.47. The van der Waals surface area contributed by atoms with E-state index in [0.717, 1.165) is 5.92 Å². The molecule has 0 aromatic rings. The Labute approximate surface area is 58.8 Å². The second-order valence-electron chi connectivity index (χ2n) is 3.04. The van der Waals surface area contributed by atoms with Crippen molar-refractivity contribution >= 4 is 22.6 Å². The van der Waals surface area contributed by atoms with Gasteiger partial charge in [-0.05, 0) is 17.8 Å². The lowest BCUT2D eigenvalue weighted by molar-refractivity contribution is 0.593. The standard InChI is InChI=1S/C6H11I/c1-6(2)3-5(6)4-7/h5H,3-4H2,1-2H3. The fourth-order valence-corrected chi connectivity index (χ4v) is 2.34. The fourth-order valence-electron chi connectivity index (χ4n) is 0.840. The Morgan fingerprint density at radius 2 is 2.14 bits per heavy atom. The molecule has 1 unspecified atom stereocenters. The van der Waals surface area contributed by atoms with Crippen molar-refractivity contribution in [1.29, 1.82) is 0 Å². The minimum atomic E-state index is 0.710. The third kappa shape index (κ3) is 1.09. The van der Waals surface area contributed by atoms with Crippen LogP contribution < -0.4 is 0 Å². The Balaban J connectivity index is 2.30. The van der Waals surface area contributed by atoms with Gasteiger partial charge in [-0.15, -0.1) is 0 Å². The van der Waals surface area contributed by atoms with E-state index in [-0.39, 0.29) is 0 Å². The number of alkyl halides is 1. The van der Waals surface area contributed by atoms with Crippen LogP contribution in [-0.4, -0.2) is 4.43 Å². The molecule has 0 radical (unpaired) electrons. The molecule has 7 heavy (non-hydrogen) atoms. The Bertz CT molecular complexity index is 76.2. The van der Waals surface area contributed by atoms with Crippen molar-refractivity contribution in [1.82, 2.24) is 0 Å². The maximum Gasteiger partial charge on any atom is 0.00290 e. The molecule has 0 aromatic heterocycles. The van der Waals surface area contributed by atoms with E-state index >= 15 is 0 Å². The Kier molecular flexibility index (Phi) is 1.34. The van der Waals surface area contributed by atoms with Crippen LogP contribution in [0.2, 0.25) is 0 Å². The zero-order valence-electron chi connectivity index (χ0n) is 4.87. The molecule has 1 aliphatic rings. The number of hydrogen-bond donors (Lipinski definition) is 0. The van der Waals surface area contributed by atoms with Gasteiger partial charge in [-0.1, -0.05) is 36.4 Å². The molecule has 0 saturated heterocycles. The summed E-state index contributed by atoms with van der Waals surface area (Å²) in [5, 5.41) is 0. The van der Waals surface area contributed by atoms with Crippen LogP contribution in [0.25, 0.3) is 0 Å². The topological polar surface area (TPSA) is 0 Å². The van der Waals surface area contributed by atoms with E-state index in [4.69, 9.17) is 0 Å². The second-order valence-corrected chi connectivity index (χ2v) is 3.92. The lowest BCUT2D eigenvalue weighted by atomic mass is 10.1. The van der Waals surface area contributed by atoms with Crippen molar-refractivity contribution in [3.63, 3.8) is 0 Å². The Morgan fingerprint density at radius 1 is 1.71 bits per heavy atom. The summed E-state index contributed by atoms with van der Waals surface area (Å²) in [5.41, 5.74) is 0.710. The van der Waals surface area contributed by atoms with Crippen molar-refractivity contribution in [2.75, 3.05) is 4.43 Å². The fraction of sp³-hybridized carbons (Fsp3) is 1.00. The quantitative estimate of drug-likeness (QED) is 0.460. The average Bonchev–Trinajstić information content (AvgIpc) is 2.13. The lowest BCUT2D eigenvalue weighted by Crippen LogP contribution is -1.88. The van der Waals surface area contributed by atoms with E-state index in [1.54, 1.807) is 0 Å². The molecule has 1 fully saturated rings. The highest BCUT2D eigenvalue weighted by Gasteiger charge is 2.44. The predicted octanol–water partition coefficient (Wildman–Crippen LogP) is 2.47. The lowest BCUT2D eigenvalue weighted by Gasteiger charge is -1.94. The van der Waals surface area contributed by atoms with Crippen LogP contribution in [0.5, 0.6) is 0 Å². The highest BCUT2D eigenvalue weighted by Crippen LogP contribution is 2.52. The number of halogens is 1. The highest BCUT2D eigenvalue weighted by atomic mass is 127. The van der Waals surface area contributed by atoms with Gasteiger partial charge in [-0.2, -0.15) is 0 Å². The van der Waals surface area contributed by atoms with Gasteiger partial charge in [-0.3, -0.25) is 0 Å². The van der Waals surface area contributed by atoms with E-state index in [9.17, 15) is 0 Å². The molecule has 0 N–H and O–H groups in total. The van der Waals surface area contributed by atoms with Crippen molar-refractivity contribution in [3.05, 3.63) is 0 Å². The van der Waals surface area contributed by atoms with E-state index < -0.39 is 0 Å². The molecular weight excluding hydrogens is 199 g/mol. The first-order valence-electron chi connectivity index (χ1n) is 2.73. The van der Waals surface area contributed by atoms with Gasteiger partial charge in [0.15, 0.2) is 0 Å². The highest BCUT2D eigenvalue weighted by molar-refractivity contribution is 14.1. The summed E-state index contributed by atoms with van der Waals surface area (Å²) >= 11 is 2.47. The minimum absolute atomic E-state index is 0.710. The maximum atomic E-state index is 2.47. The SMILES string of the molecule is CC1(C)CC1CI. The third-order valence-corrected chi connectivity index (χ3v) is 2.97. The smallest absolute Gasteiger partial charge is 0.00290 e. The summed E-state index contributed by atoms with van der Waals surface area (Å²) < 4.78 is 1.35. The zero-order chi connectivity index (χ0) is 5.49. The number of rotatable bonds is 1. The normalized spacial score (nSPS) is 35.6. The van der Waals surface area contributed by atoms with Crippen LogP contribution in [0.3, 0.4) is 0 Å². The van der Waals surface area contributed by atoms with Gasteiger partial charge >= 0.3 is 0 Å². The van der Waals surface area contributed by atoms with Crippen LogP contribution in [0.15, 0.2) is 0 Å². The van der Waals surface area contributed by atoms with Gasteiger partial charge in [0.25, 0.3) is 0 Å². The van der Waals surface area contributed by atoms with Crippen LogP contribution in [0.1, 0.15) is 20.3 Å². The first-order chi connectivity index (χ1) is 3.17. The van der Waals surface area contributed by atoms with Gasteiger partial charge in [0.2, 0.25) is 0 Å². The van der Waals surface area contributed by atoms with E-state index in [2.05, 4.69) is 36.4 Å². The van der Waals surface area contributed by atoms with Crippen LogP contribution in [-0.2, 0) is 0 Å². The second kappa shape index (κ2) is 1.61. The molecule has 0 aromatic carbocycles. The zero-order valence-corrected chi connectivity index (χ0v) is 7.03. The van der Waals surface area contributed by atoms with E-state index in [1.165, 1.54) is 10.8 Å². The molecule has 0 heterocycles. The summed E-state index contributed by atoms with van der Waals surface area (Å²) in [7, 11) is 0. The van der Waals surface area contributed by atoms with Crippen molar-refractivity contribution in [3.8, 4) is 0 Å². The van der Waals surface area contributed by atoms with Gasteiger partial charge in [0, 0.05) is 4.43 Å². The monoisotopic (exact) mass is 210 g/mol. The Hall–Kier alpha value is 0.730.